The third kappa shape index (κ3) is 2.36. The quantitative estimate of drug-likeness (QED) is 0.854. The van der Waals surface area contributed by atoms with E-state index >= 15 is 0 Å². The van der Waals surface area contributed by atoms with Crippen LogP contribution in [0.3, 0.4) is 0 Å². The van der Waals surface area contributed by atoms with Gasteiger partial charge in [-0.05, 0) is 17.7 Å². The van der Waals surface area contributed by atoms with Crippen molar-refractivity contribution in [2.24, 2.45) is 5.92 Å². The molecule has 1 N–H and O–H groups in total. The average molecular weight is 228 g/mol. The number of carbonyl (C=O) groups excluding carboxylic acids is 1. The first-order valence-electron chi connectivity index (χ1n) is 4.84. The van der Waals surface area contributed by atoms with Crippen LogP contribution >= 0.6 is 11.6 Å². The van der Waals surface area contributed by atoms with Crippen molar-refractivity contribution in [2.75, 3.05) is 13.1 Å². The number of benzene rings is 1. The summed E-state index contributed by atoms with van der Waals surface area (Å²) >= 11 is 5.83. The fraction of sp³-hybridized carbons (Fsp3) is 0.364. The van der Waals surface area contributed by atoms with Crippen LogP contribution in [-0.2, 0) is 11.2 Å². The molecule has 0 aromatic heterocycles. The Morgan fingerprint density at radius 1 is 1.53 bits per heavy atom. The molecule has 4 heteroatoms. The molecule has 1 aromatic rings. The SMILES string of the molecule is O=C(Cc1ccc(F)cc1Cl)C1CNC1. The average Bonchev–Trinajstić information content (AvgIpc) is 2.07. The van der Waals surface area contributed by atoms with E-state index in [0.717, 1.165) is 13.1 Å². The van der Waals surface area contributed by atoms with Crippen molar-refractivity contribution >= 4 is 17.4 Å². The summed E-state index contributed by atoms with van der Waals surface area (Å²) in [5.41, 5.74) is 0.704. The van der Waals surface area contributed by atoms with Gasteiger partial charge in [-0.2, -0.15) is 0 Å². The second kappa shape index (κ2) is 4.29. The van der Waals surface area contributed by atoms with E-state index in [-0.39, 0.29) is 17.5 Å². The highest BCUT2D eigenvalue weighted by atomic mass is 35.5. The van der Waals surface area contributed by atoms with Crippen LogP contribution in [0.1, 0.15) is 5.56 Å². The molecule has 1 fully saturated rings. The van der Waals surface area contributed by atoms with Gasteiger partial charge in [-0.25, -0.2) is 4.39 Å². The Hall–Kier alpha value is -0.930. The second-order valence-electron chi connectivity index (χ2n) is 3.73. The molecule has 80 valence electrons. The van der Waals surface area contributed by atoms with Gasteiger partial charge in [0, 0.05) is 30.5 Å². The van der Waals surface area contributed by atoms with Crippen LogP contribution in [0.4, 0.5) is 4.39 Å². The van der Waals surface area contributed by atoms with Gasteiger partial charge in [0.2, 0.25) is 0 Å². The Morgan fingerprint density at radius 3 is 2.80 bits per heavy atom. The number of carbonyl (C=O) groups is 1. The van der Waals surface area contributed by atoms with Crippen molar-refractivity contribution in [3.63, 3.8) is 0 Å². The van der Waals surface area contributed by atoms with Crippen LogP contribution in [0.25, 0.3) is 0 Å². The van der Waals surface area contributed by atoms with Crippen molar-refractivity contribution in [3.8, 4) is 0 Å². The minimum atomic E-state index is -0.374. The lowest BCUT2D eigenvalue weighted by atomic mass is 9.93. The maximum atomic E-state index is 12.7. The van der Waals surface area contributed by atoms with E-state index in [9.17, 15) is 9.18 Å². The maximum absolute atomic E-state index is 12.7. The van der Waals surface area contributed by atoms with Crippen LogP contribution in [0.5, 0.6) is 0 Å². The Bertz CT molecular complexity index is 390. The summed E-state index contributed by atoms with van der Waals surface area (Å²) in [6.07, 6.45) is 0.297. The highest BCUT2D eigenvalue weighted by molar-refractivity contribution is 6.31. The second-order valence-corrected chi connectivity index (χ2v) is 4.14. The van der Waals surface area contributed by atoms with Gasteiger partial charge in [0.15, 0.2) is 0 Å². The van der Waals surface area contributed by atoms with E-state index in [1.165, 1.54) is 12.1 Å². The zero-order valence-electron chi connectivity index (χ0n) is 8.09. The highest BCUT2D eigenvalue weighted by Gasteiger charge is 2.24. The molecule has 1 aliphatic rings. The van der Waals surface area contributed by atoms with E-state index in [1.54, 1.807) is 6.07 Å². The fourth-order valence-corrected chi connectivity index (χ4v) is 1.75. The smallest absolute Gasteiger partial charge is 0.142 e. The van der Waals surface area contributed by atoms with Gasteiger partial charge in [-0.1, -0.05) is 17.7 Å². The highest BCUT2D eigenvalue weighted by Crippen LogP contribution is 2.19. The first-order chi connectivity index (χ1) is 7.16. The lowest BCUT2D eigenvalue weighted by Crippen LogP contribution is -2.47. The van der Waals surface area contributed by atoms with Gasteiger partial charge in [0.25, 0.3) is 0 Å². The molecule has 0 spiro atoms. The maximum Gasteiger partial charge on any atom is 0.142 e. The largest absolute Gasteiger partial charge is 0.315 e. The summed E-state index contributed by atoms with van der Waals surface area (Å²) in [6.45, 7) is 1.50. The summed E-state index contributed by atoms with van der Waals surface area (Å²) in [4.78, 5) is 11.6. The predicted octanol–water partition coefficient (Wildman–Crippen LogP) is 1.81. The van der Waals surface area contributed by atoms with Crippen LogP contribution in [0.2, 0.25) is 5.02 Å². The Morgan fingerprint density at radius 2 is 2.27 bits per heavy atom. The standard InChI is InChI=1S/C11H11ClFNO/c12-10-4-9(13)2-1-7(10)3-11(15)8-5-14-6-8/h1-2,4,8,14H,3,5-6H2. The van der Waals surface area contributed by atoms with Gasteiger partial charge in [0.05, 0.1) is 0 Å². The summed E-state index contributed by atoms with van der Waals surface area (Å²) in [5, 5.41) is 3.37. The number of ketones is 1. The predicted molar refractivity (Wildman–Crippen MR) is 56.5 cm³/mol. The monoisotopic (exact) mass is 227 g/mol. The molecule has 0 bridgehead atoms. The molecule has 1 heterocycles. The van der Waals surface area contributed by atoms with Gasteiger partial charge in [0.1, 0.15) is 11.6 Å². The molecule has 15 heavy (non-hydrogen) atoms. The molecular weight excluding hydrogens is 217 g/mol. The van der Waals surface area contributed by atoms with Crippen LogP contribution in [0, 0.1) is 11.7 Å². The van der Waals surface area contributed by atoms with E-state index in [1.807, 2.05) is 0 Å². The number of rotatable bonds is 3. The molecule has 0 atom stereocenters. The lowest BCUT2D eigenvalue weighted by molar-refractivity contribution is -0.123. The summed E-state index contributed by atoms with van der Waals surface area (Å²) < 4.78 is 12.7. The van der Waals surface area contributed by atoms with Crippen LogP contribution in [-0.4, -0.2) is 18.9 Å². The minimum Gasteiger partial charge on any atom is -0.315 e. The Kier molecular flexibility index (Phi) is 3.03. The zero-order valence-corrected chi connectivity index (χ0v) is 8.85. The topological polar surface area (TPSA) is 29.1 Å². The molecule has 1 aliphatic heterocycles. The first-order valence-corrected chi connectivity index (χ1v) is 5.22. The van der Waals surface area contributed by atoms with Gasteiger partial charge < -0.3 is 5.32 Å². The van der Waals surface area contributed by atoms with E-state index in [4.69, 9.17) is 11.6 Å². The minimum absolute atomic E-state index is 0.103. The first kappa shape index (κ1) is 10.6. The molecule has 2 rings (SSSR count). The zero-order chi connectivity index (χ0) is 10.8. The van der Waals surface area contributed by atoms with E-state index in [0.29, 0.717) is 17.0 Å². The van der Waals surface area contributed by atoms with Crippen LogP contribution in [0.15, 0.2) is 18.2 Å². The van der Waals surface area contributed by atoms with Crippen molar-refractivity contribution in [1.82, 2.24) is 5.32 Å². The number of halogens is 2. The molecule has 0 amide bonds. The Balaban J connectivity index is 2.06. The summed E-state index contributed by atoms with van der Waals surface area (Å²) in [6, 6.07) is 4.14. The molecular formula is C11H11ClFNO. The molecule has 1 saturated heterocycles. The number of nitrogens with one attached hydrogen (secondary N) is 1. The normalized spacial score (nSPS) is 16.1. The fourth-order valence-electron chi connectivity index (χ4n) is 1.51. The third-order valence-electron chi connectivity index (χ3n) is 2.62. The number of hydrogen-bond acceptors (Lipinski definition) is 2. The van der Waals surface area contributed by atoms with Gasteiger partial charge in [-0.3, -0.25) is 4.79 Å². The van der Waals surface area contributed by atoms with Crippen molar-refractivity contribution in [2.45, 2.75) is 6.42 Å². The molecule has 2 nitrogen and oxygen atoms in total. The molecule has 0 saturated carbocycles. The van der Waals surface area contributed by atoms with Crippen LogP contribution < -0.4 is 5.32 Å². The number of Topliss-reactive ketones (excluding diaryl/α,β-unsaturated/α-hetero) is 1. The van der Waals surface area contributed by atoms with E-state index in [2.05, 4.69) is 5.32 Å². The molecule has 0 aliphatic carbocycles. The summed E-state index contributed by atoms with van der Waals surface area (Å²) in [5.74, 6) is -0.102. The van der Waals surface area contributed by atoms with Crippen molar-refractivity contribution < 1.29 is 9.18 Å². The summed E-state index contributed by atoms with van der Waals surface area (Å²) in [7, 11) is 0. The Labute approximate surface area is 92.4 Å². The lowest BCUT2D eigenvalue weighted by Gasteiger charge is -2.25. The molecule has 1 aromatic carbocycles. The van der Waals surface area contributed by atoms with Gasteiger partial charge >= 0.3 is 0 Å². The van der Waals surface area contributed by atoms with Crippen molar-refractivity contribution in [3.05, 3.63) is 34.6 Å². The third-order valence-corrected chi connectivity index (χ3v) is 2.97. The van der Waals surface area contributed by atoms with Crippen molar-refractivity contribution in [1.29, 1.82) is 0 Å². The van der Waals surface area contributed by atoms with Gasteiger partial charge in [-0.15, -0.1) is 0 Å². The van der Waals surface area contributed by atoms with E-state index < -0.39 is 0 Å². The number of hydrogen-bond donors (Lipinski definition) is 1. The molecule has 0 unspecified atom stereocenters. The molecule has 0 radical (unpaired) electrons.